The molecule has 14 heavy (non-hydrogen) atoms. The second kappa shape index (κ2) is 5.30. The second-order valence-electron chi connectivity index (χ2n) is 4.12. The van der Waals surface area contributed by atoms with Crippen molar-refractivity contribution in [3.8, 4) is 0 Å². The SMILES string of the molecule is CC(C)Cc1ccc(NC(C)S)cc1. The third-order valence-corrected chi connectivity index (χ3v) is 2.10. The van der Waals surface area contributed by atoms with Crippen molar-refractivity contribution in [2.75, 3.05) is 5.32 Å². The van der Waals surface area contributed by atoms with Gasteiger partial charge < -0.3 is 5.32 Å². The summed E-state index contributed by atoms with van der Waals surface area (Å²) < 4.78 is 0. The van der Waals surface area contributed by atoms with Crippen molar-refractivity contribution in [1.82, 2.24) is 0 Å². The Morgan fingerprint density at radius 2 is 1.71 bits per heavy atom. The van der Waals surface area contributed by atoms with Crippen molar-refractivity contribution in [2.45, 2.75) is 32.6 Å². The van der Waals surface area contributed by atoms with Crippen LogP contribution in [0, 0.1) is 5.92 Å². The zero-order chi connectivity index (χ0) is 10.6. The Labute approximate surface area is 92.3 Å². The fourth-order valence-corrected chi connectivity index (χ4v) is 1.60. The Morgan fingerprint density at radius 1 is 1.14 bits per heavy atom. The van der Waals surface area contributed by atoms with E-state index < -0.39 is 0 Å². The molecule has 0 aliphatic heterocycles. The molecule has 2 heteroatoms. The lowest BCUT2D eigenvalue weighted by Crippen LogP contribution is -2.06. The van der Waals surface area contributed by atoms with E-state index in [0.717, 1.165) is 18.0 Å². The second-order valence-corrected chi connectivity index (χ2v) is 4.89. The minimum absolute atomic E-state index is 0.200. The van der Waals surface area contributed by atoms with Crippen molar-refractivity contribution in [1.29, 1.82) is 0 Å². The van der Waals surface area contributed by atoms with Gasteiger partial charge in [0, 0.05) is 5.69 Å². The predicted molar refractivity (Wildman–Crippen MR) is 67.1 cm³/mol. The van der Waals surface area contributed by atoms with E-state index in [9.17, 15) is 0 Å². The molecule has 1 atom stereocenters. The highest BCUT2D eigenvalue weighted by atomic mass is 32.1. The van der Waals surface area contributed by atoms with E-state index in [-0.39, 0.29) is 5.37 Å². The van der Waals surface area contributed by atoms with E-state index in [2.05, 4.69) is 56.1 Å². The summed E-state index contributed by atoms with van der Waals surface area (Å²) in [6, 6.07) is 8.59. The van der Waals surface area contributed by atoms with Gasteiger partial charge in [-0.15, -0.1) is 0 Å². The third kappa shape index (κ3) is 4.05. The third-order valence-electron chi connectivity index (χ3n) is 1.97. The van der Waals surface area contributed by atoms with Gasteiger partial charge in [-0.1, -0.05) is 26.0 Å². The molecule has 0 aromatic heterocycles. The van der Waals surface area contributed by atoms with Gasteiger partial charge in [0.2, 0.25) is 0 Å². The topological polar surface area (TPSA) is 12.0 Å². The fraction of sp³-hybridized carbons (Fsp3) is 0.500. The summed E-state index contributed by atoms with van der Waals surface area (Å²) in [6.07, 6.45) is 1.15. The van der Waals surface area contributed by atoms with Gasteiger partial charge in [0.25, 0.3) is 0 Å². The number of anilines is 1. The molecule has 1 unspecified atom stereocenters. The molecule has 1 rings (SSSR count). The molecule has 0 fully saturated rings. The molecule has 0 radical (unpaired) electrons. The van der Waals surface area contributed by atoms with Crippen LogP contribution in [0.5, 0.6) is 0 Å². The molecule has 0 aliphatic rings. The van der Waals surface area contributed by atoms with Crippen LogP contribution in [0.2, 0.25) is 0 Å². The van der Waals surface area contributed by atoms with Crippen molar-refractivity contribution in [3.63, 3.8) is 0 Å². The minimum Gasteiger partial charge on any atom is -0.374 e. The number of hydrogen-bond donors (Lipinski definition) is 2. The highest BCUT2D eigenvalue weighted by Gasteiger charge is 1.98. The molecular formula is C12H19NS. The number of benzene rings is 1. The van der Waals surface area contributed by atoms with Crippen LogP contribution in [0.15, 0.2) is 24.3 Å². The zero-order valence-electron chi connectivity index (χ0n) is 9.12. The lowest BCUT2D eigenvalue weighted by molar-refractivity contribution is 0.647. The molecule has 1 nitrogen and oxygen atoms in total. The molecule has 1 N–H and O–H groups in total. The van der Waals surface area contributed by atoms with E-state index in [1.807, 2.05) is 6.92 Å². The van der Waals surface area contributed by atoms with Gasteiger partial charge in [0.15, 0.2) is 0 Å². The highest BCUT2D eigenvalue weighted by Crippen LogP contribution is 2.14. The summed E-state index contributed by atoms with van der Waals surface area (Å²) in [5, 5.41) is 3.45. The summed E-state index contributed by atoms with van der Waals surface area (Å²) in [5.41, 5.74) is 2.54. The lowest BCUT2D eigenvalue weighted by Gasteiger charge is -2.10. The zero-order valence-corrected chi connectivity index (χ0v) is 10.0. The van der Waals surface area contributed by atoms with Gasteiger partial charge >= 0.3 is 0 Å². The van der Waals surface area contributed by atoms with E-state index in [4.69, 9.17) is 0 Å². The summed E-state index contributed by atoms with van der Waals surface area (Å²) >= 11 is 4.28. The fourth-order valence-electron chi connectivity index (χ4n) is 1.45. The van der Waals surface area contributed by atoms with Gasteiger partial charge in [-0.05, 0) is 37.0 Å². The summed E-state index contributed by atoms with van der Waals surface area (Å²) in [4.78, 5) is 0. The van der Waals surface area contributed by atoms with E-state index in [1.165, 1.54) is 5.56 Å². The normalized spacial score (nSPS) is 12.9. The van der Waals surface area contributed by atoms with Crippen LogP contribution in [-0.4, -0.2) is 5.37 Å². The average molecular weight is 209 g/mol. The van der Waals surface area contributed by atoms with Crippen molar-refractivity contribution >= 4 is 18.3 Å². The largest absolute Gasteiger partial charge is 0.374 e. The molecule has 0 bridgehead atoms. The van der Waals surface area contributed by atoms with Crippen LogP contribution in [0.3, 0.4) is 0 Å². The van der Waals surface area contributed by atoms with E-state index >= 15 is 0 Å². The molecule has 0 amide bonds. The maximum atomic E-state index is 4.28. The standard InChI is InChI=1S/C12H19NS/c1-9(2)8-11-4-6-12(7-5-11)13-10(3)14/h4-7,9-10,13-14H,8H2,1-3H3. The summed E-state index contributed by atoms with van der Waals surface area (Å²) in [6.45, 7) is 6.50. The Bertz CT molecular complexity index is 235. The molecule has 0 saturated heterocycles. The smallest absolute Gasteiger partial charge is 0.0664 e. The van der Waals surface area contributed by atoms with Gasteiger partial charge in [0.1, 0.15) is 0 Å². The van der Waals surface area contributed by atoms with Gasteiger partial charge in [-0.2, -0.15) is 12.6 Å². The van der Waals surface area contributed by atoms with Crippen molar-refractivity contribution in [2.24, 2.45) is 5.92 Å². The monoisotopic (exact) mass is 209 g/mol. The van der Waals surface area contributed by atoms with E-state index in [1.54, 1.807) is 0 Å². The quantitative estimate of drug-likeness (QED) is 0.570. The first-order chi connectivity index (χ1) is 6.58. The minimum atomic E-state index is 0.200. The Balaban J connectivity index is 2.59. The highest BCUT2D eigenvalue weighted by molar-refractivity contribution is 7.81. The number of rotatable bonds is 4. The van der Waals surface area contributed by atoms with Crippen LogP contribution in [-0.2, 0) is 6.42 Å². The Morgan fingerprint density at radius 3 is 2.14 bits per heavy atom. The molecule has 0 spiro atoms. The van der Waals surface area contributed by atoms with Gasteiger partial charge in [-0.25, -0.2) is 0 Å². The van der Waals surface area contributed by atoms with Crippen LogP contribution in [0.1, 0.15) is 26.3 Å². The number of thiol groups is 1. The first-order valence-corrected chi connectivity index (χ1v) is 5.63. The van der Waals surface area contributed by atoms with Crippen LogP contribution < -0.4 is 5.32 Å². The molecule has 0 saturated carbocycles. The van der Waals surface area contributed by atoms with Crippen molar-refractivity contribution < 1.29 is 0 Å². The molecule has 0 aliphatic carbocycles. The molecule has 78 valence electrons. The molecule has 1 aromatic carbocycles. The van der Waals surface area contributed by atoms with Crippen LogP contribution in [0.4, 0.5) is 5.69 Å². The average Bonchev–Trinajstić information content (AvgIpc) is 2.06. The van der Waals surface area contributed by atoms with E-state index in [0.29, 0.717) is 0 Å². The van der Waals surface area contributed by atoms with Crippen LogP contribution >= 0.6 is 12.6 Å². The predicted octanol–water partition coefficient (Wildman–Crippen LogP) is 3.57. The first kappa shape index (κ1) is 11.4. The molecular weight excluding hydrogens is 190 g/mol. The molecule has 0 heterocycles. The van der Waals surface area contributed by atoms with Gasteiger partial charge in [-0.3, -0.25) is 0 Å². The number of nitrogens with one attached hydrogen (secondary N) is 1. The summed E-state index contributed by atoms with van der Waals surface area (Å²) in [7, 11) is 0. The molecule has 1 aromatic rings. The Hall–Kier alpha value is -0.630. The first-order valence-electron chi connectivity index (χ1n) is 5.11. The lowest BCUT2D eigenvalue weighted by atomic mass is 10.0. The van der Waals surface area contributed by atoms with Crippen LogP contribution in [0.25, 0.3) is 0 Å². The van der Waals surface area contributed by atoms with Crippen molar-refractivity contribution in [3.05, 3.63) is 29.8 Å². The number of hydrogen-bond acceptors (Lipinski definition) is 2. The Kier molecular flexibility index (Phi) is 4.33. The maximum absolute atomic E-state index is 4.28. The van der Waals surface area contributed by atoms with Gasteiger partial charge in [0.05, 0.1) is 5.37 Å². The maximum Gasteiger partial charge on any atom is 0.0664 e. The summed E-state index contributed by atoms with van der Waals surface area (Å²) in [5.74, 6) is 0.720.